The monoisotopic (exact) mass is 224 g/mol. The number of piperidine rings is 1. The van der Waals surface area contributed by atoms with Gasteiger partial charge in [0, 0.05) is 25.2 Å². The molecule has 1 aliphatic rings. The first-order valence-electron chi connectivity index (χ1n) is 5.16. The third-order valence-corrected chi connectivity index (χ3v) is 3.26. The zero-order chi connectivity index (χ0) is 10.7. The molecule has 0 radical (unpaired) electrons. The van der Waals surface area contributed by atoms with Gasteiger partial charge in [-0.2, -0.15) is 0 Å². The van der Waals surface area contributed by atoms with E-state index in [1.165, 1.54) is 0 Å². The van der Waals surface area contributed by atoms with Gasteiger partial charge < -0.3 is 10.6 Å². The molecule has 0 aliphatic carbocycles. The molecule has 0 aromatic carbocycles. The summed E-state index contributed by atoms with van der Waals surface area (Å²) in [7, 11) is 0. The first-order valence-corrected chi connectivity index (χ1v) is 6.38. The van der Waals surface area contributed by atoms with E-state index in [-0.39, 0.29) is 6.04 Å². The number of aromatic nitrogens is 2. The lowest BCUT2D eigenvalue weighted by Crippen LogP contribution is -2.43. The van der Waals surface area contributed by atoms with E-state index in [0.29, 0.717) is 0 Å². The Hall–Kier alpha value is -0.810. The highest BCUT2D eigenvalue weighted by Gasteiger charge is 2.17. The minimum atomic E-state index is 0.284. The van der Waals surface area contributed by atoms with Gasteiger partial charge in [-0.1, -0.05) is 0 Å². The van der Waals surface area contributed by atoms with Crippen molar-refractivity contribution in [3.8, 4) is 0 Å². The third-order valence-electron chi connectivity index (χ3n) is 2.62. The second kappa shape index (κ2) is 4.81. The van der Waals surface area contributed by atoms with Gasteiger partial charge in [-0.25, -0.2) is 9.97 Å². The second-order valence-corrected chi connectivity index (χ2v) is 4.59. The fraction of sp³-hybridized carbons (Fsp3) is 0.600. The zero-order valence-corrected chi connectivity index (χ0v) is 9.70. The summed E-state index contributed by atoms with van der Waals surface area (Å²) in [6.07, 6.45) is 5.92. The van der Waals surface area contributed by atoms with Gasteiger partial charge >= 0.3 is 0 Å². The topological polar surface area (TPSA) is 55.0 Å². The van der Waals surface area contributed by atoms with E-state index in [2.05, 4.69) is 14.9 Å². The van der Waals surface area contributed by atoms with Gasteiger partial charge in [0.15, 0.2) is 0 Å². The molecule has 4 nitrogen and oxygen atoms in total. The van der Waals surface area contributed by atoms with E-state index in [1.807, 2.05) is 12.3 Å². The van der Waals surface area contributed by atoms with E-state index in [0.717, 1.165) is 36.8 Å². The van der Waals surface area contributed by atoms with Crippen molar-refractivity contribution in [2.45, 2.75) is 23.9 Å². The lowest BCUT2D eigenvalue weighted by atomic mass is 10.1. The average Bonchev–Trinajstić information content (AvgIpc) is 2.29. The Labute approximate surface area is 94.3 Å². The smallest absolute Gasteiger partial charge is 0.133 e. The SMILES string of the molecule is CSc1cc(N2CCC[C@@H](N)C2)ncn1. The van der Waals surface area contributed by atoms with E-state index in [4.69, 9.17) is 5.73 Å². The minimum Gasteiger partial charge on any atom is -0.355 e. The van der Waals surface area contributed by atoms with Crippen LogP contribution in [0.2, 0.25) is 0 Å². The minimum absolute atomic E-state index is 0.284. The summed E-state index contributed by atoms with van der Waals surface area (Å²) in [5.41, 5.74) is 5.94. The van der Waals surface area contributed by atoms with Crippen LogP contribution in [0.15, 0.2) is 17.4 Å². The van der Waals surface area contributed by atoms with Crippen molar-refractivity contribution in [1.82, 2.24) is 9.97 Å². The Morgan fingerprint density at radius 2 is 2.40 bits per heavy atom. The second-order valence-electron chi connectivity index (χ2n) is 3.77. The molecule has 0 unspecified atom stereocenters. The third kappa shape index (κ3) is 2.60. The van der Waals surface area contributed by atoms with Gasteiger partial charge in [0.25, 0.3) is 0 Å². The number of nitrogens with two attached hydrogens (primary N) is 1. The Kier molecular flexibility index (Phi) is 3.43. The van der Waals surface area contributed by atoms with E-state index in [1.54, 1.807) is 18.1 Å². The molecule has 82 valence electrons. The van der Waals surface area contributed by atoms with Crippen molar-refractivity contribution < 1.29 is 0 Å². The van der Waals surface area contributed by atoms with Gasteiger partial charge in [0.2, 0.25) is 0 Å². The molecule has 2 heterocycles. The van der Waals surface area contributed by atoms with Crippen LogP contribution in [0, 0.1) is 0 Å². The normalized spacial score (nSPS) is 21.7. The van der Waals surface area contributed by atoms with Crippen LogP contribution in [0.3, 0.4) is 0 Å². The van der Waals surface area contributed by atoms with Gasteiger partial charge in [0.1, 0.15) is 17.2 Å². The van der Waals surface area contributed by atoms with Crippen LogP contribution in [0.4, 0.5) is 5.82 Å². The molecule has 1 atom stereocenters. The van der Waals surface area contributed by atoms with E-state index >= 15 is 0 Å². The van der Waals surface area contributed by atoms with Crippen molar-refractivity contribution in [1.29, 1.82) is 0 Å². The fourth-order valence-corrected chi connectivity index (χ4v) is 2.21. The number of hydrogen-bond donors (Lipinski definition) is 1. The highest BCUT2D eigenvalue weighted by atomic mass is 32.2. The number of hydrogen-bond acceptors (Lipinski definition) is 5. The Morgan fingerprint density at radius 3 is 3.13 bits per heavy atom. The lowest BCUT2D eigenvalue weighted by molar-refractivity contribution is 0.502. The number of nitrogens with zero attached hydrogens (tertiary/aromatic N) is 3. The van der Waals surface area contributed by atoms with Crippen LogP contribution in [0.25, 0.3) is 0 Å². The maximum absolute atomic E-state index is 5.94. The predicted octanol–water partition coefficient (Wildman–Crippen LogP) is 1.13. The summed E-state index contributed by atoms with van der Waals surface area (Å²) in [5, 5.41) is 1.01. The van der Waals surface area contributed by atoms with Crippen molar-refractivity contribution in [3.63, 3.8) is 0 Å². The molecule has 15 heavy (non-hydrogen) atoms. The van der Waals surface area contributed by atoms with E-state index < -0.39 is 0 Å². The molecule has 0 spiro atoms. The van der Waals surface area contributed by atoms with Crippen LogP contribution in [-0.4, -0.2) is 35.4 Å². The highest BCUT2D eigenvalue weighted by molar-refractivity contribution is 7.98. The van der Waals surface area contributed by atoms with Crippen LogP contribution >= 0.6 is 11.8 Å². The summed E-state index contributed by atoms with van der Waals surface area (Å²) in [6.45, 7) is 1.96. The summed E-state index contributed by atoms with van der Waals surface area (Å²) in [6, 6.07) is 2.31. The molecule has 2 N–H and O–H groups in total. The van der Waals surface area contributed by atoms with Gasteiger partial charge in [-0.3, -0.25) is 0 Å². The fourth-order valence-electron chi connectivity index (χ4n) is 1.83. The van der Waals surface area contributed by atoms with Crippen LogP contribution in [0.5, 0.6) is 0 Å². The molecule has 1 aromatic heterocycles. The quantitative estimate of drug-likeness (QED) is 0.603. The molecule has 1 saturated heterocycles. The Bertz CT molecular complexity index is 331. The molecule has 0 saturated carbocycles. The Morgan fingerprint density at radius 1 is 1.53 bits per heavy atom. The average molecular weight is 224 g/mol. The van der Waals surface area contributed by atoms with Crippen LogP contribution < -0.4 is 10.6 Å². The summed E-state index contributed by atoms with van der Waals surface area (Å²) in [5.74, 6) is 1.00. The van der Waals surface area contributed by atoms with Crippen LogP contribution in [0.1, 0.15) is 12.8 Å². The largest absolute Gasteiger partial charge is 0.355 e. The molecular formula is C10H16N4S. The first-order chi connectivity index (χ1) is 7.29. The lowest BCUT2D eigenvalue weighted by Gasteiger charge is -2.31. The number of anilines is 1. The number of thioether (sulfide) groups is 1. The molecule has 0 bridgehead atoms. The van der Waals surface area contributed by atoms with Crippen molar-refractivity contribution >= 4 is 17.6 Å². The van der Waals surface area contributed by atoms with Gasteiger partial charge in [-0.05, 0) is 19.1 Å². The van der Waals surface area contributed by atoms with E-state index in [9.17, 15) is 0 Å². The molecule has 1 aromatic rings. The number of rotatable bonds is 2. The standard InChI is InChI=1S/C10H16N4S/c1-15-10-5-9(12-7-13-10)14-4-2-3-8(11)6-14/h5,7-8H,2-4,6,11H2,1H3/t8-/m1/s1. The first kappa shape index (κ1) is 10.7. The van der Waals surface area contributed by atoms with Crippen LogP contribution in [-0.2, 0) is 0 Å². The molecule has 1 fully saturated rings. The van der Waals surface area contributed by atoms with Crippen molar-refractivity contribution in [2.75, 3.05) is 24.2 Å². The molecular weight excluding hydrogens is 208 g/mol. The Balaban J connectivity index is 2.13. The maximum atomic E-state index is 5.94. The zero-order valence-electron chi connectivity index (χ0n) is 8.89. The molecule has 0 amide bonds. The predicted molar refractivity (Wildman–Crippen MR) is 63.2 cm³/mol. The summed E-state index contributed by atoms with van der Waals surface area (Å²) < 4.78 is 0. The van der Waals surface area contributed by atoms with Gasteiger partial charge in [0.05, 0.1) is 0 Å². The van der Waals surface area contributed by atoms with Crippen molar-refractivity contribution in [3.05, 3.63) is 12.4 Å². The molecule has 5 heteroatoms. The molecule has 1 aliphatic heterocycles. The van der Waals surface area contributed by atoms with Gasteiger partial charge in [-0.15, -0.1) is 11.8 Å². The van der Waals surface area contributed by atoms with Crippen molar-refractivity contribution in [2.24, 2.45) is 5.73 Å². The highest BCUT2D eigenvalue weighted by Crippen LogP contribution is 2.20. The molecule has 2 rings (SSSR count). The maximum Gasteiger partial charge on any atom is 0.133 e. The summed E-state index contributed by atoms with van der Waals surface area (Å²) >= 11 is 1.64. The summed E-state index contributed by atoms with van der Waals surface area (Å²) in [4.78, 5) is 10.7.